The first-order valence-corrected chi connectivity index (χ1v) is 3.88. The standard InChI is InChI=1S/C5H5ClN2O2S/c1-10-8-4(9)5-7-2-3(6)11-5/h2H,1H3,(H,8,9). The monoisotopic (exact) mass is 192 g/mol. The Kier molecular flexibility index (Phi) is 2.81. The number of thiazole rings is 1. The van der Waals surface area contributed by atoms with Crippen molar-refractivity contribution >= 4 is 28.8 Å². The van der Waals surface area contributed by atoms with Crippen molar-refractivity contribution in [3.63, 3.8) is 0 Å². The van der Waals surface area contributed by atoms with Gasteiger partial charge in [0.05, 0.1) is 13.3 Å². The number of nitrogens with one attached hydrogen (secondary N) is 1. The Morgan fingerprint density at radius 1 is 1.91 bits per heavy atom. The highest BCUT2D eigenvalue weighted by Gasteiger charge is 2.08. The van der Waals surface area contributed by atoms with Gasteiger partial charge >= 0.3 is 5.91 Å². The fraction of sp³-hybridized carbons (Fsp3) is 0.200. The number of aromatic nitrogens is 1. The molecule has 0 aliphatic heterocycles. The van der Waals surface area contributed by atoms with Gasteiger partial charge in [-0.1, -0.05) is 22.9 Å². The molecular weight excluding hydrogens is 188 g/mol. The first kappa shape index (κ1) is 8.45. The minimum absolute atomic E-state index is 0.289. The highest BCUT2D eigenvalue weighted by Crippen LogP contribution is 2.17. The van der Waals surface area contributed by atoms with Crippen molar-refractivity contribution in [1.29, 1.82) is 0 Å². The molecule has 0 aromatic carbocycles. The summed E-state index contributed by atoms with van der Waals surface area (Å²) < 4.78 is 0.478. The van der Waals surface area contributed by atoms with Crippen LogP contribution in [0.2, 0.25) is 4.34 Å². The molecule has 0 fully saturated rings. The molecule has 1 amide bonds. The second kappa shape index (κ2) is 3.66. The normalized spacial score (nSPS) is 9.64. The van der Waals surface area contributed by atoms with Crippen LogP contribution in [0.15, 0.2) is 6.20 Å². The van der Waals surface area contributed by atoms with Gasteiger partial charge < -0.3 is 0 Å². The third kappa shape index (κ3) is 2.14. The van der Waals surface area contributed by atoms with Crippen molar-refractivity contribution in [2.75, 3.05) is 7.11 Å². The van der Waals surface area contributed by atoms with Gasteiger partial charge in [-0.2, -0.15) is 0 Å². The number of rotatable bonds is 2. The van der Waals surface area contributed by atoms with Crippen LogP contribution in [0, 0.1) is 0 Å². The molecular formula is C5H5ClN2O2S. The van der Waals surface area contributed by atoms with Crippen LogP contribution in [0.1, 0.15) is 9.80 Å². The second-order valence-corrected chi connectivity index (χ2v) is 3.27. The van der Waals surface area contributed by atoms with Gasteiger partial charge in [0.2, 0.25) is 0 Å². The lowest BCUT2D eigenvalue weighted by Gasteiger charge is -1.95. The average Bonchev–Trinajstić information content (AvgIpc) is 2.36. The number of nitrogens with zero attached hydrogens (tertiary/aromatic N) is 1. The lowest BCUT2D eigenvalue weighted by molar-refractivity contribution is 0.0537. The van der Waals surface area contributed by atoms with Crippen LogP contribution in [0.4, 0.5) is 0 Å². The van der Waals surface area contributed by atoms with E-state index in [1.807, 2.05) is 0 Å². The van der Waals surface area contributed by atoms with Crippen LogP contribution < -0.4 is 5.48 Å². The molecule has 0 aliphatic rings. The van der Waals surface area contributed by atoms with Crippen LogP contribution in [0.25, 0.3) is 0 Å². The maximum absolute atomic E-state index is 10.9. The molecule has 4 nitrogen and oxygen atoms in total. The highest BCUT2D eigenvalue weighted by molar-refractivity contribution is 7.17. The van der Waals surface area contributed by atoms with E-state index >= 15 is 0 Å². The largest absolute Gasteiger partial charge is 0.303 e. The molecule has 1 rings (SSSR count). The fourth-order valence-corrected chi connectivity index (χ4v) is 1.29. The molecule has 1 aromatic rings. The Balaban J connectivity index is 2.69. The van der Waals surface area contributed by atoms with E-state index in [9.17, 15) is 4.79 Å². The molecule has 60 valence electrons. The number of amides is 1. The average molecular weight is 193 g/mol. The molecule has 1 heterocycles. The van der Waals surface area contributed by atoms with Crippen molar-refractivity contribution in [2.45, 2.75) is 0 Å². The van der Waals surface area contributed by atoms with Crippen LogP contribution in [0.3, 0.4) is 0 Å². The first-order valence-electron chi connectivity index (χ1n) is 2.68. The van der Waals surface area contributed by atoms with E-state index in [0.29, 0.717) is 4.34 Å². The van der Waals surface area contributed by atoms with Crippen LogP contribution in [0.5, 0.6) is 0 Å². The summed E-state index contributed by atoms with van der Waals surface area (Å²) in [6.45, 7) is 0. The van der Waals surface area contributed by atoms with Gasteiger partial charge in [0.15, 0.2) is 5.01 Å². The molecule has 0 saturated heterocycles. The molecule has 0 bridgehead atoms. The molecule has 1 aromatic heterocycles. The zero-order chi connectivity index (χ0) is 8.27. The van der Waals surface area contributed by atoms with Crippen molar-refractivity contribution in [3.8, 4) is 0 Å². The second-order valence-electron chi connectivity index (χ2n) is 1.60. The number of carbonyl (C=O) groups excluding carboxylic acids is 1. The van der Waals surface area contributed by atoms with Gasteiger partial charge in [-0.25, -0.2) is 10.5 Å². The zero-order valence-corrected chi connectivity index (χ0v) is 7.20. The molecule has 0 atom stereocenters. The number of halogens is 1. The minimum atomic E-state index is -0.385. The SMILES string of the molecule is CONC(=O)c1ncc(Cl)s1. The van der Waals surface area contributed by atoms with E-state index in [1.165, 1.54) is 13.3 Å². The molecule has 0 unspecified atom stereocenters. The predicted molar refractivity (Wildman–Crippen MR) is 41.6 cm³/mol. The van der Waals surface area contributed by atoms with E-state index in [4.69, 9.17) is 11.6 Å². The Morgan fingerprint density at radius 3 is 3.09 bits per heavy atom. The maximum Gasteiger partial charge on any atom is 0.303 e. The molecule has 6 heteroatoms. The highest BCUT2D eigenvalue weighted by atomic mass is 35.5. The summed E-state index contributed by atoms with van der Waals surface area (Å²) in [7, 11) is 1.35. The lowest BCUT2D eigenvalue weighted by atomic mass is 10.7. The van der Waals surface area contributed by atoms with Crippen molar-refractivity contribution in [2.24, 2.45) is 0 Å². The maximum atomic E-state index is 10.9. The molecule has 1 N–H and O–H groups in total. The number of hydroxylamine groups is 1. The Labute approximate surface area is 72.1 Å². The summed E-state index contributed by atoms with van der Waals surface area (Å²) in [5, 5.41) is 0.289. The Bertz CT molecular complexity index is 263. The van der Waals surface area contributed by atoms with Gasteiger partial charge in [0, 0.05) is 0 Å². The Hall–Kier alpha value is -0.650. The van der Waals surface area contributed by atoms with Crippen LogP contribution >= 0.6 is 22.9 Å². The van der Waals surface area contributed by atoms with Crippen molar-refractivity contribution < 1.29 is 9.63 Å². The van der Waals surface area contributed by atoms with E-state index < -0.39 is 0 Å². The minimum Gasteiger partial charge on any atom is -0.277 e. The van der Waals surface area contributed by atoms with Gasteiger partial charge in [-0.3, -0.25) is 9.63 Å². The number of hydrogen-bond acceptors (Lipinski definition) is 4. The third-order valence-corrected chi connectivity index (χ3v) is 1.98. The Morgan fingerprint density at radius 2 is 2.64 bits per heavy atom. The fourth-order valence-electron chi connectivity index (χ4n) is 0.496. The van der Waals surface area contributed by atoms with E-state index in [2.05, 4.69) is 15.3 Å². The summed E-state index contributed by atoms with van der Waals surface area (Å²) >= 11 is 6.64. The topological polar surface area (TPSA) is 51.2 Å². The van der Waals surface area contributed by atoms with E-state index in [1.54, 1.807) is 0 Å². The summed E-state index contributed by atoms with van der Waals surface area (Å²) in [5.41, 5.74) is 2.13. The van der Waals surface area contributed by atoms with Gasteiger partial charge in [-0.05, 0) is 0 Å². The van der Waals surface area contributed by atoms with E-state index in [-0.39, 0.29) is 10.9 Å². The van der Waals surface area contributed by atoms with Crippen molar-refractivity contribution in [3.05, 3.63) is 15.5 Å². The molecule has 0 spiro atoms. The lowest BCUT2D eigenvalue weighted by Crippen LogP contribution is -2.21. The zero-order valence-electron chi connectivity index (χ0n) is 5.63. The first-order chi connectivity index (χ1) is 5.24. The molecule has 0 aliphatic carbocycles. The summed E-state index contributed by atoms with van der Waals surface area (Å²) in [5.74, 6) is -0.385. The van der Waals surface area contributed by atoms with Crippen LogP contribution in [-0.4, -0.2) is 18.0 Å². The molecule has 11 heavy (non-hydrogen) atoms. The number of hydrogen-bond donors (Lipinski definition) is 1. The van der Waals surface area contributed by atoms with Gasteiger partial charge in [-0.15, -0.1) is 0 Å². The predicted octanol–water partition coefficient (Wildman–Crippen LogP) is 1.09. The molecule has 0 radical (unpaired) electrons. The van der Waals surface area contributed by atoms with Gasteiger partial charge in [0.25, 0.3) is 0 Å². The quantitative estimate of drug-likeness (QED) is 0.714. The molecule has 0 saturated carbocycles. The van der Waals surface area contributed by atoms with E-state index in [0.717, 1.165) is 11.3 Å². The number of carbonyl (C=O) groups is 1. The van der Waals surface area contributed by atoms with Crippen molar-refractivity contribution in [1.82, 2.24) is 10.5 Å². The third-order valence-electron chi connectivity index (χ3n) is 0.866. The summed E-state index contributed by atoms with van der Waals surface area (Å²) in [4.78, 5) is 19.0. The van der Waals surface area contributed by atoms with Gasteiger partial charge in [0.1, 0.15) is 4.34 Å². The summed E-state index contributed by atoms with van der Waals surface area (Å²) in [6, 6.07) is 0. The summed E-state index contributed by atoms with van der Waals surface area (Å²) in [6.07, 6.45) is 1.41. The van der Waals surface area contributed by atoms with Crippen LogP contribution in [-0.2, 0) is 4.84 Å². The smallest absolute Gasteiger partial charge is 0.277 e.